The van der Waals surface area contributed by atoms with Gasteiger partial charge in [-0.05, 0) is 37.8 Å². The Morgan fingerprint density at radius 3 is 2.80 bits per heavy atom. The summed E-state index contributed by atoms with van der Waals surface area (Å²) in [5.74, 6) is -0.711. The second-order valence-corrected chi connectivity index (χ2v) is 10.1. The van der Waals surface area contributed by atoms with Gasteiger partial charge in [0.15, 0.2) is 9.84 Å². The fraction of sp³-hybridized carbons (Fsp3) is 0.529. The molecule has 0 spiro atoms. The fourth-order valence-corrected chi connectivity index (χ4v) is 5.97. The molecule has 2 fully saturated rings. The van der Waals surface area contributed by atoms with Gasteiger partial charge in [-0.2, -0.15) is 0 Å². The Kier molecular flexibility index (Phi) is 4.85. The maximum atomic E-state index is 12.6. The van der Waals surface area contributed by atoms with E-state index in [4.69, 9.17) is 0 Å². The summed E-state index contributed by atoms with van der Waals surface area (Å²) in [5.41, 5.74) is 0.0623. The highest BCUT2D eigenvalue weighted by molar-refractivity contribution is 7.98. The van der Waals surface area contributed by atoms with E-state index >= 15 is 0 Å². The summed E-state index contributed by atoms with van der Waals surface area (Å²) in [7, 11) is -3.09. The lowest BCUT2D eigenvalue weighted by Crippen LogP contribution is -2.49. The molecular weight excluding hydrogens is 360 g/mol. The highest BCUT2D eigenvalue weighted by Crippen LogP contribution is 2.29. The first-order chi connectivity index (χ1) is 11.7. The Bertz CT molecular complexity index is 809. The van der Waals surface area contributed by atoms with E-state index in [-0.39, 0.29) is 29.7 Å². The number of hydrogen-bond acceptors (Lipinski definition) is 5. The van der Waals surface area contributed by atoms with Crippen molar-refractivity contribution in [3.63, 3.8) is 0 Å². The minimum absolute atomic E-state index is 0.0358. The molecule has 136 valence electrons. The van der Waals surface area contributed by atoms with E-state index in [1.807, 2.05) is 30.5 Å². The molecule has 3 rings (SSSR count). The van der Waals surface area contributed by atoms with Gasteiger partial charge in [-0.25, -0.2) is 8.42 Å². The van der Waals surface area contributed by atoms with E-state index in [0.29, 0.717) is 13.0 Å². The molecule has 2 atom stereocenters. The zero-order valence-corrected chi connectivity index (χ0v) is 16.0. The Morgan fingerprint density at radius 1 is 1.40 bits per heavy atom. The predicted molar refractivity (Wildman–Crippen MR) is 98.5 cm³/mol. The summed E-state index contributed by atoms with van der Waals surface area (Å²) in [6.07, 6.45) is 2.54. The molecule has 0 radical (unpaired) electrons. The number of carbonyl (C=O) groups is 2. The van der Waals surface area contributed by atoms with Gasteiger partial charge in [-0.3, -0.25) is 9.59 Å². The summed E-state index contributed by atoms with van der Waals surface area (Å²) in [5, 5.41) is 2.87. The third-order valence-electron chi connectivity index (χ3n) is 4.79. The molecule has 0 aromatic heterocycles. The maximum absolute atomic E-state index is 12.6. The van der Waals surface area contributed by atoms with Gasteiger partial charge < -0.3 is 10.2 Å². The molecule has 2 aliphatic rings. The van der Waals surface area contributed by atoms with Crippen molar-refractivity contribution in [2.45, 2.75) is 30.2 Å². The molecule has 2 saturated heterocycles. The third-order valence-corrected chi connectivity index (χ3v) is 7.42. The molecule has 0 bridgehead atoms. The number of amides is 2. The van der Waals surface area contributed by atoms with Crippen molar-refractivity contribution in [1.29, 1.82) is 0 Å². The van der Waals surface area contributed by atoms with E-state index in [2.05, 4.69) is 5.32 Å². The lowest BCUT2D eigenvalue weighted by Gasteiger charge is -2.25. The number of thioether (sulfide) groups is 1. The molecule has 25 heavy (non-hydrogen) atoms. The molecule has 2 heterocycles. The van der Waals surface area contributed by atoms with Gasteiger partial charge >= 0.3 is 0 Å². The zero-order valence-electron chi connectivity index (χ0n) is 14.3. The molecule has 1 aromatic carbocycles. The van der Waals surface area contributed by atoms with E-state index in [1.54, 1.807) is 23.6 Å². The van der Waals surface area contributed by atoms with E-state index in [1.165, 1.54) is 0 Å². The number of nitrogens with zero attached hydrogens (tertiary/aromatic N) is 1. The van der Waals surface area contributed by atoms with Crippen molar-refractivity contribution < 1.29 is 18.0 Å². The molecule has 2 amide bonds. The predicted octanol–water partition coefficient (Wildman–Crippen LogP) is 1.45. The van der Waals surface area contributed by atoms with Gasteiger partial charge in [0.25, 0.3) is 0 Å². The Balaban J connectivity index is 1.69. The maximum Gasteiger partial charge on any atom is 0.227 e. The second-order valence-electron chi connectivity index (χ2n) is 7.00. The summed E-state index contributed by atoms with van der Waals surface area (Å²) >= 11 is 1.60. The van der Waals surface area contributed by atoms with Crippen molar-refractivity contribution in [3.05, 3.63) is 24.3 Å². The molecule has 0 unspecified atom stereocenters. The van der Waals surface area contributed by atoms with Crippen LogP contribution in [0.5, 0.6) is 0 Å². The van der Waals surface area contributed by atoms with Crippen LogP contribution in [0.2, 0.25) is 0 Å². The topological polar surface area (TPSA) is 83.6 Å². The number of rotatable bonds is 4. The van der Waals surface area contributed by atoms with Crippen molar-refractivity contribution >= 4 is 39.1 Å². The minimum Gasteiger partial charge on any atom is -0.350 e. The van der Waals surface area contributed by atoms with Crippen LogP contribution in [0, 0.1) is 5.92 Å². The van der Waals surface area contributed by atoms with Crippen molar-refractivity contribution in [3.8, 4) is 0 Å². The van der Waals surface area contributed by atoms with Crippen LogP contribution in [0.1, 0.15) is 19.8 Å². The largest absolute Gasteiger partial charge is 0.350 e. The lowest BCUT2D eigenvalue weighted by molar-refractivity contribution is -0.127. The molecule has 1 N–H and O–H groups in total. The summed E-state index contributed by atoms with van der Waals surface area (Å²) in [4.78, 5) is 27.6. The average molecular weight is 383 g/mol. The molecule has 1 aromatic rings. The third kappa shape index (κ3) is 4.00. The van der Waals surface area contributed by atoms with Crippen LogP contribution >= 0.6 is 11.8 Å². The average Bonchev–Trinajstić information content (AvgIpc) is 3.07. The SMILES string of the molecule is CSc1cccc(N2C[C@@H](C(=O)N[C@]3(C)CCS(=O)(=O)C3)CC2=O)c1. The molecule has 6 nitrogen and oxygen atoms in total. The van der Waals surface area contributed by atoms with E-state index in [9.17, 15) is 18.0 Å². The minimum atomic E-state index is -3.09. The normalized spacial score (nSPS) is 28.3. The van der Waals surface area contributed by atoms with Crippen LogP contribution in [-0.4, -0.2) is 50.1 Å². The van der Waals surface area contributed by atoms with Gasteiger partial charge in [-0.1, -0.05) is 6.07 Å². The zero-order chi connectivity index (χ0) is 18.2. The molecule has 0 aliphatic carbocycles. The van der Waals surface area contributed by atoms with Crippen LogP contribution in [-0.2, 0) is 19.4 Å². The highest BCUT2D eigenvalue weighted by atomic mass is 32.2. The number of sulfone groups is 1. The van der Waals surface area contributed by atoms with Gasteiger partial charge in [0.2, 0.25) is 11.8 Å². The molecule has 0 saturated carbocycles. The van der Waals surface area contributed by atoms with Crippen molar-refractivity contribution in [1.82, 2.24) is 5.32 Å². The monoisotopic (exact) mass is 382 g/mol. The van der Waals surface area contributed by atoms with E-state index in [0.717, 1.165) is 10.6 Å². The van der Waals surface area contributed by atoms with Crippen LogP contribution in [0.4, 0.5) is 5.69 Å². The highest BCUT2D eigenvalue weighted by Gasteiger charge is 2.42. The van der Waals surface area contributed by atoms with Gasteiger partial charge in [0, 0.05) is 23.5 Å². The summed E-state index contributed by atoms with van der Waals surface area (Å²) in [6.45, 7) is 2.08. The Hall–Kier alpha value is -1.54. The second kappa shape index (κ2) is 6.64. The first-order valence-corrected chi connectivity index (χ1v) is 11.2. The number of anilines is 1. The molecule has 2 aliphatic heterocycles. The fourth-order valence-electron chi connectivity index (χ4n) is 3.42. The van der Waals surface area contributed by atoms with Gasteiger partial charge in [-0.15, -0.1) is 11.8 Å². The first-order valence-electron chi connectivity index (χ1n) is 8.18. The van der Waals surface area contributed by atoms with Crippen molar-refractivity contribution in [2.24, 2.45) is 5.92 Å². The van der Waals surface area contributed by atoms with Crippen molar-refractivity contribution in [2.75, 3.05) is 29.2 Å². The van der Waals surface area contributed by atoms with Crippen LogP contribution in [0.15, 0.2) is 29.2 Å². The molecule has 8 heteroatoms. The van der Waals surface area contributed by atoms with Crippen LogP contribution in [0.3, 0.4) is 0 Å². The molecular formula is C17H22N2O4S2. The lowest BCUT2D eigenvalue weighted by atomic mass is 9.99. The smallest absolute Gasteiger partial charge is 0.227 e. The van der Waals surface area contributed by atoms with Crippen LogP contribution in [0.25, 0.3) is 0 Å². The summed E-state index contributed by atoms with van der Waals surface area (Å²) in [6, 6.07) is 7.67. The Labute approximate surface area is 152 Å². The quantitative estimate of drug-likeness (QED) is 0.797. The van der Waals surface area contributed by atoms with Gasteiger partial charge in [0.05, 0.1) is 23.0 Å². The number of benzene rings is 1. The number of hydrogen-bond donors (Lipinski definition) is 1. The Morgan fingerprint density at radius 2 is 2.16 bits per heavy atom. The standard InChI is InChI=1S/C17H22N2O4S2/c1-17(6-7-25(22,23)11-17)18-16(21)12-8-15(20)19(10-12)13-4-3-5-14(9-13)24-2/h3-5,9,12H,6-8,10-11H2,1-2H3,(H,18,21)/t12-,17+/m0/s1. The van der Waals surface area contributed by atoms with Crippen LogP contribution < -0.4 is 10.2 Å². The number of nitrogens with one attached hydrogen (secondary N) is 1. The van der Waals surface area contributed by atoms with E-state index < -0.39 is 21.3 Å². The first kappa shape index (κ1) is 18.3. The number of carbonyl (C=O) groups excluding carboxylic acids is 2. The van der Waals surface area contributed by atoms with Gasteiger partial charge in [0.1, 0.15) is 0 Å². The summed E-state index contributed by atoms with van der Waals surface area (Å²) < 4.78 is 23.4.